The number of carboxylic acid groups (broad SMARTS) is 1. The van der Waals surface area contributed by atoms with Crippen molar-refractivity contribution in [3.8, 4) is 11.5 Å². The maximum absolute atomic E-state index is 10.9. The molecule has 1 N–H and O–H groups in total. The molecule has 0 amide bonds. The van der Waals surface area contributed by atoms with Crippen molar-refractivity contribution < 1.29 is 19.4 Å². The third-order valence-corrected chi connectivity index (χ3v) is 3.61. The Kier molecular flexibility index (Phi) is 4.29. The quantitative estimate of drug-likeness (QED) is 0.914. The number of rotatable bonds is 5. The number of carbonyl (C=O) groups is 1. The number of aromatic carboxylic acids is 1. The van der Waals surface area contributed by atoms with Crippen molar-refractivity contribution >= 4 is 28.9 Å². The van der Waals surface area contributed by atoms with E-state index in [0.717, 1.165) is 4.88 Å². The normalized spacial score (nSPS) is 10.2. The molecule has 6 heteroatoms. The van der Waals surface area contributed by atoms with Gasteiger partial charge in [-0.05, 0) is 30.3 Å². The lowest BCUT2D eigenvalue weighted by Crippen LogP contribution is -2.00. The van der Waals surface area contributed by atoms with Gasteiger partial charge >= 0.3 is 5.97 Å². The summed E-state index contributed by atoms with van der Waals surface area (Å²) in [6, 6.07) is 8.17. The second-order valence-corrected chi connectivity index (χ2v) is 5.46. The first kappa shape index (κ1) is 13.7. The number of thiophene rings is 1. The van der Waals surface area contributed by atoms with Crippen molar-refractivity contribution in [3.05, 3.63) is 45.1 Å². The zero-order valence-corrected chi connectivity index (χ0v) is 11.6. The third kappa shape index (κ3) is 3.39. The zero-order chi connectivity index (χ0) is 13.8. The molecule has 0 aliphatic carbocycles. The van der Waals surface area contributed by atoms with Crippen LogP contribution in [0.5, 0.6) is 11.5 Å². The highest BCUT2D eigenvalue weighted by Gasteiger charge is 2.10. The minimum atomic E-state index is -1.00. The molecule has 100 valence electrons. The van der Waals surface area contributed by atoms with Gasteiger partial charge in [-0.2, -0.15) is 0 Å². The molecule has 1 aromatic heterocycles. The van der Waals surface area contributed by atoms with E-state index in [-0.39, 0.29) is 5.56 Å². The first-order chi connectivity index (χ1) is 9.10. The van der Waals surface area contributed by atoms with Gasteiger partial charge in [0.05, 0.1) is 17.0 Å². The lowest BCUT2D eigenvalue weighted by molar-refractivity contribution is 0.0696. The lowest BCUT2D eigenvalue weighted by Gasteiger charge is -2.10. The van der Waals surface area contributed by atoms with E-state index >= 15 is 0 Å². The predicted octanol–water partition coefficient (Wildman–Crippen LogP) is 3.69. The van der Waals surface area contributed by atoms with Crippen molar-refractivity contribution in [2.45, 2.75) is 6.61 Å². The van der Waals surface area contributed by atoms with Gasteiger partial charge in [0, 0.05) is 4.88 Å². The predicted molar refractivity (Wildman–Crippen MR) is 73.6 cm³/mol. The zero-order valence-electron chi connectivity index (χ0n) is 10.1. The van der Waals surface area contributed by atoms with E-state index in [1.54, 1.807) is 12.1 Å². The van der Waals surface area contributed by atoms with E-state index in [2.05, 4.69) is 0 Å². The van der Waals surface area contributed by atoms with Crippen LogP contribution in [0.2, 0.25) is 4.34 Å². The number of benzene rings is 1. The van der Waals surface area contributed by atoms with Crippen LogP contribution in [-0.4, -0.2) is 18.2 Å². The molecule has 4 nitrogen and oxygen atoms in total. The number of hydrogen-bond acceptors (Lipinski definition) is 4. The van der Waals surface area contributed by atoms with Crippen molar-refractivity contribution in [3.63, 3.8) is 0 Å². The van der Waals surface area contributed by atoms with Gasteiger partial charge in [0.25, 0.3) is 0 Å². The minimum Gasteiger partial charge on any atom is -0.493 e. The van der Waals surface area contributed by atoms with Gasteiger partial charge in [-0.1, -0.05) is 11.6 Å². The van der Waals surface area contributed by atoms with Crippen LogP contribution in [0.3, 0.4) is 0 Å². The summed E-state index contributed by atoms with van der Waals surface area (Å²) in [4.78, 5) is 11.8. The van der Waals surface area contributed by atoms with E-state index in [9.17, 15) is 4.79 Å². The summed E-state index contributed by atoms with van der Waals surface area (Å²) in [6.45, 7) is 0.361. The molecule has 0 fully saturated rings. The summed E-state index contributed by atoms with van der Waals surface area (Å²) in [6.07, 6.45) is 0. The molecule has 0 spiro atoms. The molecule has 1 aromatic carbocycles. The Morgan fingerprint density at radius 1 is 1.32 bits per heavy atom. The second-order valence-electron chi connectivity index (χ2n) is 3.67. The standard InChI is InChI=1S/C13H11ClO4S/c1-17-11-6-8(13(15)16)2-4-10(11)18-7-9-3-5-12(14)19-9/h2-6H,7H2,1H3,(H,15,16). The molecule has 0 bridgehead atoms. The van der Waals surface area contributed by atoms with E-state index in [1.807, 2.05) is 6.07 Å². The van der Waals surface area contributed by atoms with Crippen LogP contribution in [0.15, 0.2) is 30.3 Å². The first-order valence-corrected chi connectivity index (χ1v) is 6.58. The molecule has 0 radical (unpaired) electrons. The largest absolute Gasteiger partial charge is 0.493 e. The highest BCUT2D eigenvalue weighted by molar-refractivity contribution is 7.16. The SMILES string of the molecule is COc1cc(C(=O)O)ccc1OCc1ccc(Cl)s1. The summed E-state index contributed by atoms with van der Waals surface area (Å²) in [5, 5.41) is 8.90. The summed E-state index contributed by atoms with van der Waals surface area (Å²) in [5.41, 5.74) is 0.156. The summed E-state index contributed by atoms with van der Waals surface area (Å²) in [7, 11) is 1.47. The van der Waals surface area contributed by atoms with Gasteiger partial charge in [0.1, 0.15) is 6.61 Å². The van der Waals surface area contributed by atoms with Crippen LogP contribution >= 0.6 is 22.9 Å². The Morgan fingerprint density at radius 2 is 2.11 bits per heavy atom. The van der Waals surface area contributed by atoms with Crippen molar-refractivity contribution in [1.82, 2.24) is 0 Å². The monoisotopic (exact) mass is 298 g/mol. The van der Waals surface area contributed by atoms with Crippen LogP contribution in [0.1, 0.15) is 15.2 Å². The smallest absolute Gasteiger partial charge is 0.335 e. The van der Waals surface area contributed by atoms with Crippen molar-refractivity contribution in [2.75, 3.05) is 7.11 Å². The number of hydrogen-bond donors (Lipinski definition) is 1. The van der Waals surface area contributed by atoms with Gasteiger partial charge in [0.2, 0.25) is 0 Å². The van der Waals surface area contributed by atoms with Crippen LogP contribution < -0.4 is 9.47 Å². The van der Waals surface area contributed by atoms with Gasteiger partial charge in [0.15, 0.2) is 11.5 Å². The molecule has 0 unspecified atom stereocenters. The molecule has 2 rings (SSSR count). The maximum Gasteiger partial charge on any atom is 0.335 e. The number of ether oxygens (including phenoxy) is 2. The van der Waals surface area contributed by atoms with Crippen molar-refractivity contribution in [1.29, 1.82) is 0 Å². The van der Waals surface area contributed by atoms with Crippen LogP contribution in [0.25, 0.3) is 0 Å². The van der Waals surface area contributed by atoms with E-state index in [1.165, 1.54) is 30.6 Å². The molecule has 19 heavy (non-hydrogen) atoms. The molecular weight excluding hydrogens is 288 g/mol. The lowest BCUT2D eigenvalue weighted by atomic mass is 10.2. The van der Waals surface area contributed by atoms with Gasteiger partial charge in [-0.25, -0.2) is 4.79 Å². The van der Waals surface area contributed by atoms with Gasteiger partial charge in [-0.15, -0.1) is 11.3 Å². The average Bonchev–Trinajstić information content (AvgIpc) is 2.81. The van der Waals surface area contributed by atoms with Crippen LogP contribution in [-0.2, 0) is 6.61 Å². The fourth-order valence-electron chi connectivity index (χ4n) is 1.50. The van der Waals surface area contributed by atoms with E-state index in [4.69, 9.17) is 26.2 Å². The van der Waals surface area contributed by atoms with Crippen LogP contribution in [0.4, 0.5) is 0 Å². The number of methoxy groups -OCH3 is 1. The molecule has 0 aliphatic heterocycles. The average molecular weight is 299 g/mol. The van der Waals surface area contributed by atoms with E-state index < -0.39 is 5.97 Å². The van der Waals surface area contributed by atoms with E-state index in [0.29, 0.717) is 22.4 Å². The second kappa shape index (κ2) is 5.95. The fourth-order valence-corrected chi connectivity index (χ4v) is 2.50. The number of halogens is 1. The Morgan fingerprint density at radius 3 is 2.68 bits per heavy atom. The minimum absolute atomic E-state index is 0.156. The summed E-state index contributed by atoms with van der Waals surface area (Å²) < 4.78 is 11.4. The first-order valence-electron chi connectivity index (χ1n) is 5.38. The fraction of sp³-hybridized carbons (Fsp3) is 0.154. The molecule has 0 saturated heterocycles. The van der Waals surface area contributed by atoms with Crippen molar-refractivity contribution in [2.24, 2.45) is 0 Å². The molecule has 1 heterocycles. The van der Waals surface area contributed by atoms with Crippen LogP contribution in [0, 0.1) is 0 Å². The Bertz CT molecular complexity index is 594. The molecule has 2 aromatic rings. The van der Waals surface area contributed by atoms with Gasteiger partial charge < -0.3 is 14.6 Å². The Balaban J connectivity index is 2.13. The Hall–Kier alpha value is -1.72. The molecular formula is C13H11ClO4S. The highest BCUT2D eigenvalue weighted by atomic mass is 35.5. The molecule has 0 aliphatic rings. The summed E-state index contributed by atoms with van der Waals surface area (Å²) in [5.74, 6) is -0.116. The maximum atomic E-state index is 10.9. The summed E-state index contributed by atoms with van der Waals surface area (Å²) >= 11 is 7.26. The highest BCUT2D eigenvalue weighted by Crippen LogP contribution is 2.30. The third-order valence-electron chi connectivity index (χ3n) is 2.41. The molecule has 0 atom stereocenters. The number of carboxylic acids is 1. The molecule has 0 saturated carbocycles. The topological polar surface area (TPSA) is 55.8 Å². The Labute approximate surface area is 119 Å². The van der Waals surface area contributed by atoms with Gasteiger partial charge in [-0.3, -0.25) is 0 Å².